The Hall–Kier alpha value is -1.89. The highest BCUT2D eigenvalue weighted by molar-refractivity contribution is 7.89. The first-order valence-corrected chi connectivity index (χ1v) is 9.89. The van der Waals surface area contributed by atoms with Gasteiger partial charge in [0.1, 0.15) is 0 Å². The Morgan fingerprint density at radius 2 is 1.80 bits per heavy atom. The van der Waals surface area contributed by atoms with Crippen LogP contribution in [0.25, 0.3) is 0 Å². The molecule has 25 heavy (non-hydrogen) atoms. The van der Waals surface area contributed by atoms with Crippen LogP contribution in [-0.2, 0) is 20.3 Å². The highest BCUT2D eigenvalue weighted by Gasteiger charge is 2.15. The van der Waals surface area contributed by atoms with Crippen LogP contribution in [0, 0.1) is 0 Å². The van der Waals surface area contributed by atoms with E-state index in [4.69, 9.17) is 27.9 Å². The number of rotatable bonds is 6. The zero-order valence-electron chi connectivity index (χ0n) is 13.2. The van der Waals surface area contributed by atoms with Gasteiger partial charge in [-0.1, -0.05) is 35.3 Å². The lowest BCUT2D eigenvalue weighted by molar-refractivity contribution is 0.0474. The van der Waals surface area contributed by atoms with Gasteiger partial charge < -0.3 is 4.74 Å². The molecule has 0 atom stereocenters. The van der Waals surface area contributed by atoms with Gasteiger partial charge in [0.2, 0.25) is 5.78 Å². The number of carbonyl (C=O) groups excluding carboxylic acids is 2. The largest absolute Gasteiger partial charge is 0.454 e. The number of esters is 1. The number of hydrogen-bond donors (Lipinski definition) is 0. The number of carbonyl (C=O) groups is 2. The average molecular weight is 401 g/mol. The zero-order valence-corrected chi connectivity index (χ0v) is 15.5. The molecule has 2 rings (SSSR count). The Bertz CT molecular complexity index is 922. The number of benzene rings is 2. The number of ether oxygens (including phenoxy) is 1. The van der Waals surface area contributed by atoms with E-state index in [2.05, 4.69) is 0 Å². The van der Waals surface area contributed by atoms with Crippen molar-refractivity contribution in [2.45, 2.75) is 5.75 Å². The molecule has 5 nitrogen and oxygen atoms in total. The van der Waals surface area contributed by atoms with Gasteiger partial charge in [-0.05, 0) is 35.9 Å². The summed E-state index contributed by atoms with van der Waals surface area (Å²) in [5.41, 5.74) is 0.824. The summed E-state index contributed by atoms with van der Waals surface area (Å²) >= 11 is 11.7. The number of sulfone groups is 1. The van der Waals surface area contributed by atoms with Gasteiger partial charge in [-0.3, -0.25) is 4.79 Å². The molecule has 132 valence electrons. The summed E-state index contributed by atoms with van der Waals surface area (Å²) in [6.07, 6.45) is 1.10. The van der Waals surface area contributed by atoms with Crippen LogP contribution in [0.1, 0.15) is 26.3 Å². The molecule has 0 bridgehead atoms. The van der Waals surface area contributed by atoms with E-state index in [1.165, 1.54) is 30.3 Å². The van der Waals surface area contributed by atoms with Gasteiger partial charge in [-0.2, -0.15) is 0 Å². The topological polar surface area (TPSA) is 77.5 Å². The van der Waals surface area contributed by atoms with Crippen LogP contribution in [0.2, 0.25) is 10.0 Å². The Labute approximate surface area is 155 Å². The molecule has 2 aromatic rings. The molecule has 0 aliphatic carbocycles. The van der Waals surface area contributed by atoms with Crippen LogP contribution < -0.4 is 0 Å². The standard InChI is InChI=1S/C17H14Cl2O5S/c1-25(22,23)10-11-3-2-4-12(7-11)17(21)24-9-16(20)14-6-5-13(18)8-15(14)19/h2-8H,9-10H2,1H3. The highest BCUT2D eigenvalue weighted by Crippen LogP contribution is 2.21. The van der Waals surface area contributed by atoms with E-state index < -0.39 is 28.2 Å². The lowest BCUT2D eigenvalue weighted by atomic mass is 10.1. The maximum absolute atomic E-state index is 12.1. The summed E-state index contributed by atoms with van der Waals surface area (Å²) in [4.78, 5) is 24.1. The first kappa shape index (κ1) is 19.4. The molecule has 0 unspecified atom stereocenters. The fraction of sp³-hybridized carbons (Fsp3) is 0.176. The molecule has 0 N–H and O–H groups in total. The minimum Gasteiger partial charge on any atom is -0.454 e. The van der Waals surface area contributed by atoms with Crippen molar-refractivity contribution in [1.29, 1.82) is 0 Å². The third-order valence-corrected chi connectivity index (χ3v) is 4.56. The number of hydrogen-bond acceptors (Lipinski definition) is 5. The fourth-order valence-corrected chi connectivity index (χ4v) is 3.40. The molecule has 2 aromatic carbocycles. The van der Waals surface area contributed by atoms with Crippen molar-refractivity contribution >= 4 is 44.8 Å². The van der Waals surface area contributed by atoms with Gasteiger partial charge in [0.15, 0.2) is 16.4 Å². The van der Waals surface area contributed by atoms with Crippen molar-refractivity contribution < 1.29 is 22.7 Å². The normalized spacial score (nSPS) is 11.2. The second-order valence-corrected chi connectivity index (χ2v) is 8.38. The minimum atomic E-state index is -3.22. The van der Waals surface area contributed by atoms with Crippen molar-refractivity contribution in [1.82, 2.24) is 0 Å². The molecule has 0 saturated carbocycles. The first-order chi connectivity index (χ1) is 11.7. The smallest absolute Gasteiger partial charge is 0.338 e. The van der Waals surface area contributed by atoms with Gasteiger partial charge in [-0.15, -0.1) is 0 Å². The molecule has 8 heteroatoms. The molecule has 0 fully saturated rings. The fourth-order valence-electron chi connectivity index (χ4n) is 2.10. The van der Waals surface area contributed by atoms with Crippen molar-refractivity contribution in [3.63, 3.8) is 0 Å². The summed E-state index contributed by atoms with van der Waals surface area (Å²) in [7, 11) is -3.22. The molecule has 0 spiro atoms. The Morgan fingerprint density at radius 3 is 2.44 bits per heavy atom. The van der Waals surface area contributed by atoms with Crippen LogP contribution in [0.4, 0.5) is 0 Å². The molecule has 0 amide bonds. The van der Waals surface area contributed by atoms with Crippen LogP contribution >= 0.6 is 23.2 Å². The second-order valence-electron chi connectivity index (χ2n) is 5.39. The van der Waals surface area contributed by atoms with Gasteiger partial charge in [0.05, 0.1) is 16.3 Å². The van der Waals surface area contributed by atoms with Crippen molar-refractivity contribution in [3.8, 4) is 0 Å². The number of ketones is 1. The molecular formula is C17H14Cl2O5S. The first-order valence-electron chi connectivity index (χ1n) is 7.08. The summed E-state index contributed by atoms with van der Waals surface area (Å²) in [5.74, 6) is -1.39. The SMILES string of the molecule is CS(=O)(=O)Cc1cccc(C(=O)OCC(=O)c2ccc(Cl)cc2Cl)c1. The van der Waals surface area contributed by atoms with E-state index in [1.807, 2.05) is 0 Å². The Balaban J connectivity index is 2.05. The molecule has 0 heterocycles. The Morgan fingerprint density at radius 1 is 1.08 bits per heavy atom. The molecule has 0 aromatic heterocycles. The van der Waals surface area contributed by atoms with Gasteiger partial charge in [-0.25, -0.2) is 13.2 Å². The zero-order chi connectivity index (χ0) is 18.6. The summed E-state index contributed by atoms with van der Waals surface area (Å²) in [6.45, 7) is -0.490. The van der Waals surface area contributed by atoms with Gasteiger partial charge in [0.25, 0.3) is 0 Å². The lowest BCUT2D eigenvalue weighted by Gasteiger charge is -2.07. The predicted molar refractivity (Wildman–Crippen MR) is 96.1 cm³/mol. The van der Waals surface area contributed by atoms with Crippen molar-refractivity contribution in [2.24, 2.45) is 0 Å². The summed E-state index contributed by atoms with van der Waals surface area (Å²) in [5, 5.41) is 0.560. The van der Waals surface area contributed by atoms with Crippen LogP contribution in [-0.4, -0.2) is 33.0 Å². The van der Waals surface area contributed by atoms with Gasteiger partial charge in [0, 0.05) is 16.8 Å². The third-order valence-electron chi connectivity index (χ3n) is 3.16. The van der Waals surface area contributed by atoms with E-state index in [1.54, 1.807) is 12.1 Å². The van der Waals surface area contributed by atoms with E-state index in [0.29, 0.717) is 10.6 Å². The maximum atomic E-state index is 12.1. The summed E-state index contributed by atoms with van der Waals surface area (Å²) < 4.78 is 27.6. The molecule has 0 aliphatic rings. The van der Waals surface area contributed by atoms with Crippen molar-refractivity contribution in [2.75, 3.05) is 12.9 Å². The highest BCUT2D eigenvalue weighted by atomic mass is 35.5. The number of Topliss-reactive ketones (excluding diaryl/α,β-unsaturated/α-hetero) is 1. The molecule has 0 aliphatic heterocycles. The second kappa shape index (κ2) is 7.99. The monoisotopic (exact) mass is 400 g/mol. The average Bonchev–Trinajstić information content (AvgIpc) is 2.51. The van der Waals surface area contributed by atoms with E-state index in [0.717, 1.165) is 6.26 Å². The van der Waals surface area contributed by atoms with Crippen LogP contribution in [0.15, 0.2) is 42.5 Å². The minimum absolute atomic E-state index is 0.163. The predicted octanol–water partition coefficient (Wildman–Crippen LogP) is 3.58. The van der Waals surface area contributed by atoms with E-state index in [9.17, 15) is 18.0 Å². The Kier molecular flexibility index (Phi) is 6.21. The van der Waals surface area contributed by atoms with Crippen LogP contribution in [0.3, 0.4) is 0 Å². The van der Waals surface area contributed by atoms with E-state index in [-0.39, 0.29) is 21.9 Å². The summed E-state index contributed by atoms with van der Waals surface area (Å²) in [6, 6.07) is 10.4. The van der Waals surface area contributed by atoms with Crippen LogP contribution in [0.5, 0.6) is 0 Å². The quantitative estimate of drug-likeness (QED) is 0.546. The number of halogens is 2. The maximum Gasteiger partial charge on any atom is 0.338 e. The molecule has 0 radical (unpaired) electrons. The molecule has 0 saturated heterocycles. The van der Waals surface area contributed by atoms with Crippen molar-refractivity contribution in [3.05, 3.63) is 69.2 Å². The molecular weight excluding hydrogens is 387 g/mol. The lowest BCUT2D eigenvalue weighted by Crippen LogP contribution is -2.15. The van der Waals surface area contributed by atoms with E-state index >= 15 is 0 Å². The van der Waals surface area contributed by atoms with Gasteiger partial charge >= 0.3 is 5.97 Å². The third kappa shape index (κ3) is 5.85.